The van der Waals surface area contributed by atoms with Gasteiger partial charge in [-0.3, -0.25) is 14.4 Å². The largest absolute Gasteiger partial charge is 0.416 e. The highest BCUT2D eigenvalue weighted by Crippen LogP contribution is 2.33. The molecule has 4 rings (SSSR count). The molecule has 4 aromatic rings. The zero-order valence-electron chi connectivity index (χ0n) is 22.4. The lowest BCUT2D eigenvalue weighted by atomic mass is 10.1. The van der Waals surface area contributed by atoms with Gasteiger partial charge in [-0.1, -0.05) is 41.6 Å². The first-order valence-electron chi connectivity index (χ1n) is 12.6. The Morgan fingerprint density at radius 3 is 2.24 bits per heavy atom. The van der Waals surface area contributed by atoms with Crippen LogP contribution >= 0.6 is 11.8 Å². The molecule has 0 aliphatic rings. The van der Waals surface area contributed by atoms with Crippen molar-refractivity contribution in [2.75, 3.05) is 10.6 Å². The summed E-state index contributed by atoms with van der Waals surface area (Å²) < 4.78 is 45.8. The minimum atomic E-state index is -4.67. The first-order chi connectivity index (χ1) is 20.0. The number of nitrogens with zero attached hydrogens (tertiary/aromatic N) is 1. The number of aryl methyl sites for hydroxylation is 1. The predicted octanol–water partition coefficient (Wildman–Crippen LogP) is 6.53. The van der Waals surface area contributed by atoms with Crippen molar-refractivity contribution in [2.45, 2.75) is 30.2 Å². The SMILES string of the molecule is Cc1cc(NC(=O)[C@H](C)Sc2ccc(NC(=O)/C(=C/c3ccccc3C(F)(F)F)NC(=O)c3ccccc3)cc2)no1. The van der Waals surface area contributed by atoms with E-state index >= 15 is 0 Å². The number of carbonyl (C=O) groups is 3. The molecule has 42 heavy (non-hydrogen) atoms. The fourth-order valence-corrected chi connectivity index (χ4v) is 4.57. The van der Waals surface area contributed by atoms with E-state index in [4.69, 9.17) is 4.52 Å². The van der Waals surface area contributed by atoms with Gasteiger partial charge in [-0.25, -0.2) is 0 Å². The fourth-order valence-electron chi connectivity index (χ4n) is 3.71. The molecule has 1 atom stereocenters. The number of hydrogen-bond acceptors (Lipinski definition) is 6. The Kier molecular flexibility index (Phi) is 9.48. The summed E-state index contributed by atoms with van der Waals surface area (Å²) in [6, 6.07) is 20.8. The van der Waals surface area contributed by atoms with Crippen LogP contribution in [0.3, 0.4) is 0 Å². The van der Waals surface area contributed by atoms with E-state index in [2.05, 4.69) is 21.1 Å². The van der Waals surface area contributed by atoms with Crippen LogP contribution in [0.15, 0.2) is 100 Å². The van der Waals surface area contributed by atoms with Crippen LogP contribution in [0.4, 0.5) is 24.7 Å². The van der Waals surface area contributed by atoms with Crippen LogP contribution in [-0.2, 0) is 15.8 Å². The molecular weight excluding hydrogens is 569 g/mol. The summed E-state index contributed by atoms with van der Waals surface area (Å²) in [5.41, 5.74) is -1.08. The number of hydrogen-bond donors (Lipinski definition) is 3. The molecule has 8 nitrogen and oxygen atoms in total. The molecular formula is C30H25F3N4O4S. The number of benzene rings is 3. The monoisotopic (exact) mass is 594 g/mol. The van der Waals surface area contributed by atoms with Gasteiger partial charge in [0.25, 0.3) is 11.8 Å². The van der Waals surface area contributed by atoms with Gasteiger partial charge in [0.15, 0.2) is 5.82 Å². The second kappa shape index (κ2) is 13.2. The quantitative estimate of drug-likeness (QED) is 0.150. The maximum Gasteiger partial charge on any atom is 0.416 e. The third-order valence-corrected chi connectivity index (χ3v) is 6.88. The lowest BCUT2D eigenvalue weighted by Gasteiger charge is -2.14. The number of carbonyl (C=O) groups excluding carboxylic acids is 3. The van der Waals surface area contributed by atoms with E-state index in [0.29, 0.717) is 17.3 Å². The van der Waals surface area contributed by atoms with E-state index < -0.39 is 28.8 Å². The molecule has 3 N–H and O–H groups in total. The van der Waals surface area contributed by atoms with Crippen molar-refractivity contribution in [1.82, 2.24) is 10.5 Å². The van der Waals surface area contributed by atoms with E-state index in [9.17, 15) is 27.6 Å². The van der Waals surface area contributed by atoms with Crippen LogP contribution in [0.25, 0.3) is 6.08 Å². The number of aromatic nitrogens is 1. The minimum Gasteiger partial charge on any atom is -0.360 e. The van der Waals surface area contributed by atoms with Crippen LogP contribution in [0.1, 0.15) is 34.2 Å². The summed E-state index contributed by atoms with van der Waals surface area (Å²) >= 11 is 1.27. The summed E-state index contributed by atoms with van der Waals surface area (Å²) in [4.78, 5) is 39.2. The summed E-state index contributed by atoms with van der Waals surface area (Å²) in [6.45, 7) is 3.42. The van der Waals surface area contributed by atoms with E-state index in [-0.39, 0.29) is 22.7 Å². The van der Waals surface area contributed by atoms with Crippen molar-refractivity contribution < 1.29 is 32.1 Å². The summed E-state index contributed by atoms with van der Waals surface area (Å²) in [7, 11) is 0. The highest BCUT2D eigenvalue weighted by molar-refractivity contribution is 8.00. The first kappa shape index (κ1) is 30.1. The molecule has 0 aliphatic heterocycles. The highest BCUT2D eigenvalue weighted by Gasteiger charge is 2.33. The Morgan fingerprint density at radius 1 is 0.929 bits per heavy atom. The van der Waals surface area contributed by atoms with Gasteiger partial charge in [0.05, 0.1) is 10.8 Å². The normalized spacial score (nSPS) is 12.4. The molecule has 0 spiro atoms. The van der Waals surface area contributed by atoms with Gasteiger partial charge >= 0.3 is 6.18 Å². The topological polar surface area (TPSA) is 113 Å². The van der Waals surface area contributed by atoms with Gasteiger partial charge < -0.3 is 20.5 Å². The Morgan fingerprint density at radius 2 is 1.60 bits per heavy atom. The number of nitrogens with one attached hydrogen (secondary N) is 3. The van der Waals surface area contributed by atoms with Gasteiger partial charge in [-0.2, -0.15) is 13.2 Å². The highest BCUT2D eigenvalue weighted by atomic mass is 32.2. The Bertz CT molecular complexity index is 1600. The zero-order chi connectivity index (χ0) is 30.3. The summed E-state index contributed by atoms with van der Waals surface area (Å²) in [5.74, 6) is -0.906. The number of alkyl halides is 3. The second-order valence-electron chi connectivity index (χ2n) is 9.01. The van der Waals surface area contributed by atoms with Gasteiger partial charge in [0.2, 0.25) is 5.91 Å². The fraction of sp³-hybridized carbons (Fsp3) is 0.133. The number of anilines is 2. The van der Waals surface area contributed by atoms with Crippen LogP contribution in [-0.4, -0.2) is 28.1 Å². The molecule has 0 radical (unpaired) electrons. The number of amides is 3. The van der Waals surface area contributed by atoms with Crippen molar-refractivity contribution in [3.63, 3.8) is 0 Å². The van der Waals surface area contributed by atoms with Crippen molar-refractivity contribution >= 4 is 47.1 Å². The lowest BCUT2D eigenvalue weighted by molar-refractivity contribution is -0.137. The van der Waals surface area contributed by atoms with Gasteiger partial charge in [-0.15, -0.1) is 11.8 Å². The number of halogens is 3. The molecule has 1 aromatic heterocycles. The third kappa shape index (κ3) is 8.10. The van der Waals surface area contributed by atoms with E-state index in [1.807, 2.05) is 0 Å². The first-order valence-corrected chi connectivity index (χ1v) is 13.4. The molecule has 216 valence electrons. The smallest absolute Gasteiger partial charge is 0.360 e. The standard InChI is InChI=1S/C30H25F3N4O4S/c1-18-16-26(37-41-18)36-27(38)19(2)42-23-14-12-22(13-15-23)34-29(40)25(35-28(39)20-8-4-3-5-9-20)17-21-10-6-7-11-24(21)30(31,32)33/h3-17,19H,1-2H3,(H,34,40)(H,35,39)(H,36,37,38)/b25-17-/t19-/m0/s1. The summed E-state index contributed by atoms with van der Waals surface area (Å²) in [6.07, 6.45) is -3.69. The van der Waals surface area contributed by atoms with Crippen molar-refractivity contribution in [2.24, 2.45) is 0 Å². The predicted molar refractivity (Wildman–Crippen MR) is 154 cm³/mol. The Labute approximate surface area is 243 Å². The van der Waals surface area contributed by atoms with E-state index in [0.717, 1.165) is 17.0 Å². The molecule has 0 unspecified atom stereocenters. The van der Waals surface area contributed by atoms with Crippen LogP contribution in [0, 0.1) is 6.92 Å². The average molecular weight is 595 g/mol. The maximum atomic E-state index is 13.6. The van der Waals surface area contributed by atoms with Crippen molar-refractivity contribution in [3.05, 3.63) is 113 Å². The molecule has 1 heterocycles. The molecule has 3 aromatic carbocycles. The summed E-state index contributed by atoms with van der Waals surface area (Å²) in [5, 5.41) is 10.9. The molecule has 0 bridgehead atoms. The number of thioether (sulfide) groups is 1. The average Bonchev–Trinajstić information content (AvgIpc) is 3.37. The number of rotatable bonds is 9. The van der Waals surface area contributed by atoms with E-state index in [1.54, 1.807) is 62.4 Å². The van der Waals surface area contributed by atoms with Crippen LogP contribution in [0.5, 0.6) is 0 Å². The van der Waals surface area contributed by atoms with Crippen LogP contribution in [0.2, 0.25) is 0 Å². The molecule has 0 saturated heterocycles. The lowest BCUT2D eigenvalue weighted by Crippen LogP contribution is -2.30. The van der Waals surface area contributed by atoms with Gasteiger partial charge in [0.1, 0.15) is 11.5 Å². The third-order valence-electron chi connectivity index (χ3n) is 5.77. The van der Waals surface area contributed by atoms with Crippen molar-refractivity contribution in [1.29, 1.82) is 0 Å². The van der Waals surface area contributed by atoms with Gasteiger partial charge in [-0.05, 0) is 68.0 Å². The zero-order valence-corrected chi connectivity index (χ0v) is 23.2. The maximum absolute atomic E-state index is 13.6. The molecule has 0 saturated carbocycles. The molecule has 0 fully saturated rings. The van der Waals surface area contributed by atoms with E-state index in [1.165, 1.54) is 42.1 Å². The van der Waals surface area contributed by atoms with Gasteiger partial charge in [0, 0.05) is 22.2 Å². The van der Waals surface area contributed by atoms with Crippen molar-refractivity contribution in [3.8, 4) is 0 Å². The minimum absolute atomic E-state index is 0.221. The second-order valence-corrected chi connectivity index (χ2v) is 10.4. The molecule has 0 aliphatic carbocycles. The van der Waals surface area contributed by atoms with Crippen LogP contribution < -0.4 is 16.0 Å². The Hall–Kier alpha value is -4.84. The molecule has 12 heteroatoms. The Balaban J connectivity index is 1.50. The molecule has 3 amide bonds.